The minimum absolute atomic E-state index is 0. The molecule has 3 radical (unpaired) electrons. The van der Waals surface area contributed by atoms with Crippen molar-refractivity contribution < 1.29 is 13.2 Å². The minimum Gasteiger partial charge on any atom is -0.256 e. The van der Waals surface area contributed by atoms with Gasteiger partial charge in [-0.25, -0.2) is 13.2 Å². The summed E-state index contributed by atoms with van der Waals surface area (Å²) in [7, 11) is 0. The zero-order valence-corrected chi connectivity index (χ0v) is 34.3. The zero-order chi connectivity index (χ0) is 42.7. The van der Waals surface area contributed by atoms with Gasteiger partial charge in [-0.3, -0.25) is 15.0 Å². The Labute approximate surface area is 371 Å². The second-order valence-electron chi connectivity index (χ2n) is 15.3. The molecule has 0 aliphatic rings. The van der Waals surface area contributed by atoms with Gasteiger partial charge >= 0.3 is 0 Å². The SMILES string of the molecule is Fc1ccc(-c2ccc(-c3ccccc3-c3cc(-c4ccccc4-c4ccc(-c5ccc(F)cc5)nc4)cc(-c4ccccc4-c4ccc(-c5ccc(F)cc5)nc4)c3)cn2)cc1.[B]. The summed E-state index contributed by atoms with van der Waals surface area (Å²) in [6, 6.07) is 62.9. The molecule has 7 heteroatoms. The van der Waals surface area contributed by atoms with Crippen LogP contribution in [0.5, 0.6) is 0 Å². The highest BCUT2D eigenvalue weighted by Gasteiger charge is 2.17. The van der Waals surface area contributed by atoms with Crippen LogP contribution in [0.15, 0.2) is 219 Å². The molecule has 0 aliphatic carbocycles. The van der Waals surface area contributed by atoms with Crippen LogP contribution in [0.1, 0.15) is 0 Å². The molecule has 0 bridgehead atoms. The Morgan fingerprint density at radius 1 is 0.234 bits per heavy atom. The lowest BCUT2D eigenvalue weighted by Gasteiger charge is -2.18. The molecule has 0 saturated heterocycles. The van der Waals surface area contributed by atoms with E-state index in [1.165, 1.54) is 36.4 Å². The molecule has 10 aromatic rings. The first-order chi connectivity index (χ1) is 30.9. The number of aromatic nitrogens is 3. The monoisotopic (exact) mass is 830 g/mol. The third-order valence-corrected chi connectivity index (χ3v) is 11.3. The lowest BCUT2D eigenvalue weighted by Crippen LogP contribution is -1.93. The van der Waals surface area contributed by atoms with Crippen LogP contribution in [0, 0.1) is 17.5 Å². The third-order valence-electron chi connectivity index (χ3n) is 11.3. The van der Waals surface area contributed by atoms with Gasteiger partial charge < -0.3 is 0 Å². The Balaban J connectivity index is 0.00000518. The molecule has 3 nitrogen and oxygen atoms in total. The van der Waals surface area contributed by atoms with Gasteiger partial charge in [0.15, 0.2) is 0 Å². The van der Waals surface area contributed by atoms with Crippen LogP contribution in [-0.4, -0.2) is 23.4 Å². The van der Waals surface area contributed by atoms with Crippen molar-refractivity contribution in [2.24, 2.45) is 0 Å². The van der Waals surface area contributed by atoms with Crippen LogP contribution in [0.4, 0.5) is 13.2 Å². The van der Waals surface area contributed by atoms with Gasteiger partial charge in [0.25, 0.3) is 0 Å². The summed E-state index contributed by atoms with van der Waals surface area (Å²) >= 11 is 0. The summed E-state index contributed by atoms with van der Waals surface area (Å²) in [6.45, 7) is 0. The maximum Gasteiger partial charge on any atom is 0.123 e. The fraction of sp³-hybridized carbons (Fsp3) is 0. The smallest absolute Gasteiger partial charge is 0.123 e. The third kappa shape index (κ3) is 8.52. The summed E-state index contributed by atoms with van der Waals surface area (Å²) in [5.41, 5.74) is 16.8. The Morgan fingerprint density at radius 2 is 0.453 bits per heavy atom. The highest BCUT2D eigenvalue weighted by atomic mass is 19.1. The lowest BCUT2D eigenvalue weighted by atomic mass is 9.86. The molecule has 10 rings (SSSR count). The van der Waals surface area contributed by atoms with Crippen molar-refractivity contribution in [3.05, 3.63) is 236 Å². The highest BCUT2D eigenvalue weighted by molar-refractivity contribution is 5.94. The van der Waals surface area contributed by atoms with Gasteiger partial charge in [-0.2, -0.15) is 0 Å². The van der Waals surface area contributed by atoms with Crippen molar-refractivity contribution in [1.29, 1.82) is 0 Å². The first kappa shape index (κ1) is 41.2. The molecule has 303 valence electrons. The van der Waals surface area contributed by atoms with Gasteiger partial charge in [0.1, 0.15) is 17.5 Å². The van der Waals surface area contributed by atoms with Crippen LogP contribution in [0.3, 0.4) is 0 Å². The summed E-state index contributed by atoms with van der Waals surface area (Å²) < 4.78 is 41.1. The molecule has 0 amide bonds. The van der Waals surface area contributed by atoms with Crippen LogP contribution in [0.25, 0.3) is 101 Å². The summed E-state index contributed by atoms with van der Waals surface area (Å²) in [6.07, 6.45) is 5.62. The molecule has 0 saturated carbocycles. The van der Waals surface area contributed by atoms with Gasteiger partial charge in [-0.1, -0.05) is 91.0 Å². The molecule has 0 aliphatic heterocycles. The molecule has 0 atom stereocenters. The first-order valence-electron chi connectivity index (χ1n) is 20.5. The molecular formula is C57H36BF3N3. The van der Waals surface area contributed by atoms with Gasteiger partial charge in [0.2, 0.25) is 0 Å². The first-order valence-corrected chi connectivity index (χ1v) is 20.5. The highest BCUT2D eigenvalue weighted by Crippen LogP contribution is 2.42. The number of rotatable bonds is 9. The molecular weight excluding hydrogens is 794 g/mol. The molecule has 0 N–H and O–H groups in total. The van der Waals surface area contributed by atoms with Gasteiger partial charge in [-0.15, -0.1) is 0 Å². The van der Waals surface area contributed by atoms with E-state index in [1.807, 2.05) is 55.0 Å². The average molecular weight is 831 g/mol. The summed E-state index contributed by atoms with van der Waals surface area (Å²) in [4.78, 5) is 14.4. The average Bonchev–Trinajstić information content (AvgIpc) is 3.35. The quantitative estimate of drug-likeness (QED) is 0.136. The van der Waals surface area contributed by atoms with E-state index < -0.39 is 0 Å². The van der Waals surface area contributed by atoms with Crippen molar-refractivity contribution in [2.45, 2.75) is 0 Å². The van der Waals surface area contributed by atoms with Gasteiger partial charge in [0, 0.05) is 60.4 Å². The molecule has 3 heterocycles. The van der Waals surface area contributed by atoms with Crippen LogP contribution < -0.4 is 0 Å². The Bertz CT molecular complexity index is 2850. The number of halogens is 3. The summed E-state index contributed by atoms with van der Waals surface area (Å²) in [5.74, 6) is -0.864. The van der Waals surface area contributed by atoms with Crippen molar-refractivity contribution in [3.63, 3.8) is 0 Å². The van der Waals surface area contributed by atoms with E-state index in [-0.39, 0.29) is 25.9 Å². The number of nitrogens with zero attached hydrogens (tertiary/aromatic N) is 3. The van der Waals surface area contributed by atoms with E-state index in [0.717, 1.165) is 101 Å². The normalized spacial score (nSPS) is 10.9. The van der Waals surface area contributed by atoms with Crippen molar-refractivity contribution >= 4 is 8.41 Å². The van der Waals surface area contributed by atoms with E-state index >= 15 is 0 Å². The number of pyridine rings is 3. The van der Waals surface area contributed by atoms with Crippen molar-refractivity contribution in [2.75, 3.05) is 0 Å². The molecule has 7 aromatic carbocycles. The Morgan fingerprint density at radius 3 is 0.672 bits per heavy atom. The van der Waals surface area contributed by atoms with Gasteiger partial charge in [-0.05, 0) is 159 Å². The summed E-state index contributed by atoms with van der Waals surface area (Å²) in [5, 5.41) is 0. The van der Waals surface area contributed by atoms with Crippen molar-refractivity contribution in [3.8, 4) is 101 Å². The predicted octanol–water partition coefficient (Wildman–Crippen LogP) is 14.9. The van der Waals surface area contributed by atoms with Crippen LogP contribution >= 0.6 is 0 Å². The molecule has 0 unspecified atom stereocenters. The zero-order valence-electron chi connectivity index (χ0n) is 34.3. The number of hydrogen-bond acceptors (Lipinski definition) is 3. The Kier molecular flexibility index (Phi) is 11.6. The second kappa shape index (κ2) is 18.1. The lowest BCUT2D eigenvalue weighted by molar-refractivity contribution is 0.627. The van der Waals surface area contributed by atoms with E-state index in [0.29, 0.717) is 0 Å². The van der Waals surface area contributed by atoms with E-state index in [4.69, 9.17) is 15.0 Å². The second-order valence-corrected chi connectivity index (χ2v) is 15.3. The standard InChI is InChI=1S/C57H36F3N3.B/c58-46-22-13-37(14-23-46)55-28-19-40(34-61-55)49-7-1-4-10-52(49)43-31-44(53-11-5-2-8-50(53)41-20-29-56(62-35-41)38-15-24-47(59)25-16-38)33-45(32-43)54-12-6-3-9-51(54)42-21-30-57(63-36-42)39-17-26-48(60)27-18-39;/h1-36H;. The fourth-order valence-electron chi connectivity index (χ4n) is 8.09. The van der Waals surface area contributed by atoms with E-state index in [2.05, 4.69) is 91.0 Å². The maximum atomic E-state index is 13.7. The fourth-order valence-corrected chi connectivity index (χ4v) is 8.09. The number of hydrogen-bond donors (Lipinski definition) is 0. The van der Waals surface area contributed by atoms with E-state index in [9.17, 15) is 13.2 Å². The number of benzene rings is 7. The molecule has 3 aromatic heterocycles. The molecule has 0 spiro atoms. The van der Waals surface area contributed by atoms with Gasteiger partial charge in [0.05, 0.1) is 17.1 Å². The molecule has 64 heavy (non-hydrogen) atoms. The van der Waals surface area contributed by atoms with Crippen LogP contribution in [0.2, 0.25) is 0 Å². The topological polar surface area (TPSA) is 38.7 Å². The largest absolute Gasteiger partial charge is 0.256 e. The predicted molar refractivity (Wildman–Crippen MR) is 254 cm³/mol. The minimum atomic E-state index is -0.288. The molecule has 0 fully saturated rings. The Hall–Kier alpha value is -8.16. The van der Waals surface area contributed by atoms with Crippen molar-refractivity contribution in [1.82, 2.24) is 15.0 Å². The van der Waals surface area contributed by atoms with Crippen LogP contribution in [-0.2, 0) is 0 Å². The maximum absolute atomic E-state index is 13.7. The van der Waals surface area contributed by atoms with E-state index in [1.54, 1.807) is 36.4 Å².